The zero-order chi connectivity index (χ0) is 20.9. The second-order valence-electron chi connectivity index (χ2n) is 6.80. The second kappa shape index (κ2) is 9.28. The van der Waals surface area contributed by atoms with Crippen molar-refractivity contribution in [3.63, 3.8) is 0 Å². The van der Waals surface area contributed by atoms with Gasteiger partial charge in [-0.3, -0.25) is 4.79 Å². The van der Waals surface area contributed by atoms with Crippen LogP contribution in [0.15, 0.2) is 47.4 Å². The second-order valence-corrected chi connectivity index (χ2v) is 8.56. The number of anilines is 1. The van der Waals surface area contributed by atoms with Gasteiger partial charge in [-0.2, -0.15) is 0 Å². The molecule has 1 N–H and O–H groups in total. The summed E-state index contributed by atoms with van der Waals surface area (Å²) < 4.78 is 38.8. The maximum atomic E-state index is 12.7. The Kier molecular flexibility index (Phi) is 6.76. The van der Waals surface area contributed by atoms with Crippen molar-refractivity contribution in [2.45, 2.75) is 30.6 Å². The molecular formula is C21H26N2O5S. The van der Waals surface area contributed by atoms with Crippen molar-refractivity contribution in [2.24, 2.45) is 0 Å². The summed E-state index contributed by atoms with van der Waals surface area (Å²) in [6, 6.07) is 12.3. The van der Waals surface area contributed by atoms with Gasteiger partial charge >= 0.3 is 0 Å². The summed E-state index contributed by atoms with van der Waals surface area (Å²) in [7, 11) is -0.577. The van der Waals surface area contributed by atoms with E-state index in [0.717, 1.165) is 17.7 Å². The molecule has 0 radical (unpaired) electrons. The first-order valence-corrected chi connectivity index (χ1v) is 11.0. The largest absolute Gasteiger partial charge is 0.496 e. The minimum absolute atomic E-state index is 0.0254. The van der Waals surface area contributed by atoms with Crippen molar-refractivity contribution >= 4 is 21.6 Å². The highest BCUT2D eigenvalue weighted by atomic mass is 32.2. The number of sulfonamides is 1. The number of benzene rings is 2. The van der Waals surface area contributed by atoms with Gasteiger partial charge in [-0.15, -0.1) is 0 Å². The zero-order valence-electron chi connectivity index (χ0n) is 16.7. The monoisotopic (exact) mass is 418 g/mol. The minimum atomic E-state index is -3.70. The van der Waals surface area contributed by atoms with Crippen LogP contribution >= 0.6 is 0 Å². The van der Waals surface area contributed by atoms with Gasteiger partial charge in [0.25, 0.3) is 0 Å². The number of carbonyl (C=O) groups is 1. The number of carbonyl (C=O) groups excluding carboxylic acids is 1. The average molecular weight is 419 g/mol. The van der Waals surface area contributed by atoms with Crippen LogP contribution in [0.5, 0.6) is 11.5 Å². The Hall–Kier alpha value is -2.58. The van der Waals surface area contributed by atoms with Crippen LogP contribution in [-0.4, -0.2) is 41.6 Å². The number of aryl methyl sites for hydroxylation is 1. The van der Waals surface area contributed by atoms with Crippen LogP contribution in [0.2, 0.25) is 0 Å². The van der Waals surface area contributed by atoms with Crippen molar-refractivity contribution in [1.29, 1.82) is 0 Å². The number of ether oxygens (including phenoxy) is 2. The Morgan fingerprint density at radius 1 is 1.07 bits per heavy atom. The van der Waals surface area contributed by atoms with Crippen LogP contribution in [0.3, 0.4) is 0 Å². The van der Waals surface area contributed by atoms with Gasteiger partial charge in [0.15, 0.2) is 0 Å². The van der Waals surface area contributed by atoms with Crippen LogP contribution in [0.1, 0.15) is 24.8 Å². The molecule has 2 aromatic rings. The van der Waals surface area contributed by atoms with Gasteiger partial charge in [0.05, 0.1) is 24.8 Å². The van der Waals surface area contributed by atoms with Crippen LogP contribution in [0.25, 0.3) is 0 Å². The highest BCUT2D eigenvalue weighted by Gasteiger charge is 2.26. The van der Waals surface area contributed by atoms with Crippen molar-refractivity contribution in [3.05, 3.63) is 48.0 Å². The number of rotatable bonds is 9. The SMILES string of the molecule is COc1ccccc1CCCNS(=O)(=O)c1ccc(OC)c(N2CCCC2=O)c1. The van der Waals surface area contributed by atoms with Gasteiger partial charge in [-0.1, -0.05) is 18.2 Å². The van der Waals surface area contributed by atoms with E-state index in [9.17, 15) is 13.2 Å². The lowest BCUT2D eigenvalue weighted by molar-refractivity contribution is -0.117. The molecule has 0 saturated carbocycles. The maximum Gasteiger partial charge on any atom is 0.240 e. The van der Waals surface area contributed by atoms with Crippen molar-refractivity contribution in [2.75, 3.05) is 32.2 Å². The van der Waals surface area contributed by atoms with Crippen LogP contribution in [-0.2, 0) is 21.2 Å². The van der Waals surface area contributed by atoms with Crippen LogP contribution < -0.4 is 19.1 Å². The Morgan fingerprint density at radius 3 is 2.52 bits per heavy atom. The molecule has 2 aromatic carbocycles. The van der Waals surface area contributed by atoms with Gasteiger partial charge in [-0.05, 0) is 49.1 Å². The van der Waals surface area contributed by atoms with E-state index in [2.05, 4.69) is 4.72 Å². The number of methoxy groups -OCH3 is 2. The summed E-state index contributed by atoms with van der Waals surface area (Å²) in [6.07, 6.45) is 2.54. The van der Waals surface area contributed by atoms with Gasteiger partial charge in [0.2, 0.25) is 15.9 Å². The third-order valence-electron chi connectivity index (χ3n) is 4.93. The van der Waals surface area contributed by atoms with Crippen molar-refractivity contribution < 1.29 is 22.7 Å². The molecule has 1 aliphatic rings. The maximum absolute atomic E-state index is 12.7. The highest BCUT2D eigenvalue weighted by Crippen LogP contribution is 2.33. The summed E-state index contributed by atoms with van der Waals surface area (Å²) in [4.78, 5) is 13.8. The summed E-state index contributed by atoms with van der Waals surface area (Å²) in [5.74, 6) is 1.25. The standard InChI is InChI=1S/C21H26N2O5S/c1-27-19-9-4-3-7-16(19)8-5-13-22-29(25,26)17-11-12-20(28-2)18(15-17)23-14-6-10-21(23)24/h3-4,7,9,11-12,15,22H,5-6,8,10,13-14H2,1-2H3. The van der Waals surface area contributed by atoms with Crippen molar-refractivity contribution in [1.82, 2.24) is 4.72 Å². The lowest BCUT2D eigenvalue weighted by atomic mass is 10.1. The quantitative estimate of drug-likeness (QED) is 0.633. The first-order valence-electron chi connectivity index (χ1n) is 9.56. The third kappa shape index (κ3) is 4.89. The molecule has 0 unspecified atom stereocenters. The Morgan fingerprint density at radius 2 is 1.83 bits per heavy atom. The Bertz CT molecular complexity index is 975. The van der Waals surface area contributed by atoms with Crippen LogP contribution in [0, 0.1) is 0 Å². The van der Waals surface area contributed by atoms with Gasteiger partial charge in [0.1, 0.15) is 11.5 Å². The molecule has 0 aliphatic carbocycles. The third-order valence-corrected chi connectivity index (χ3v) is 6.39. The van der Waals surface area contributed by atoms with E-state index in [-0.39, 0.29) is 10.8 Å². The number of nitrogens with one attached hydrogen (secondary N) is 1. The number of para-hydroxylation sites is 1. The first-order chi connectivity index (χ1) is 14.0. The summed E-state index contributed by atoms with van der Waals surface area (Å²) in [6.45, 7) is 0.857. The normalized spacial score (nSPS) is 14.3. The molecule has 1 aliphatic heterocycles. The fourth-order valence-corrected chi connectivity index (χ4v) is 4.52. The fourth-order valence-electron chi connectivity index (χ4n) is 3.43. The van der Waals surface area contributed by atoms with E-state index in [0.29, 0.717) is 43.8 Å². The van der Waals surface area contributed by atoms with E-state index in [1.54, 1.807) is 18.1 Å². The molecule has 8 heteroatoms. The fraction of sp³-hybridized carbons (Fsp3) is 0.381. The summed E-state index contributed by atoms with van der Waals surface area (Å²) >= 11 is 0. The van der Waals surface area contributed by atoms with Gasteiger partial charge < -0.3 is 14.4 Å². The van der Waals surface area contributed by atoms with Crippen molar-refractivity contribution in [3.8, 4) is 11.5 Å². The molecule has 1 saturated heterocycles. The molecule has 7 nitrogen and oxygen atoms in total. The number of nitrogens with zero attached hydrogens (tertiary/aromatic N) is 1. The van der Waals surface area contributed by atoms with Gasteiger partial charge in [0, 0.05) is 19.5 Å². The predicted molar refractivity (Wildman–Crippen MR) is 111 cm³/mol. The van der Waals surface area contributed by atoms with Crippen LogP contribution in [0.4, 0.5) is 5.69 Å². The Balaban J connectivity index is 1.68. The summed E-state index contributed by atoms with van der Waals surface area (Å²) in [5.41, 5.74) is 1.53. The van der Waals surface area contributed by atoms with E-state index in [1.165, 1.54) is 19.2 Å². The van der Waals surface area contributed by atoms with E-state index in [4.69, 9.17) is 9.47 Å². The lowest BCUT2D eigenvalue weighted by Gasteiger charge is -2.20. The molecule has 29 heavy (non-hydrogen) atoms. The number of hydrogen-bond acceptors (Lipinski definition) is 5. The minimum Gasteiger partial charge on any atom is -0.496 e. The summed E-state index contributed by atoms with van der Waals surface area (Å²) in [5, 5.41) is 0. The Labute approximate surface area is 171 Å². The predicted octanol–water partition coefficient (Wildman–Crippen LogP) is 2.74. The zero-order valence-corrected chi connectivity index (χ0v) is 17.5. The lowest BCUT2D eigenvalue weighted by Crippen LogP contribution is -2.27. The van der Waals surface area contributed by atoms with E-state index in [1.807, 2.05) is 24.3 Å². The topological polar surface area (TPSA) is 84.9 Å². The number of hydrogen-bond donors (Lipinski definition) is 1. The average Bonchev–Trinajstić information content (AvgIpc) is 3.16. The molecule has 156 valence electrons. The molecule has 0 atom stereocenters. The molecule has 1 fully saturated rings. The molecule has 0 spiro atoms. The van der Waals surface area contributed by atoms with Gasteiger partial charge in [-0.25, -0.2) is 13.1 Å². The molecule has 0 aromatic heterocycles. The molecule has 0 bridgehead atoms. The van der Waals surface area contributed by atoms with E-state index < -0.39 is 10.0 Å². The first kappa shape index (κ1) is 21.1. The number of amides is 1. The van der Waals surface area contributed by atoms with E-state index >= 15 is 0 Å². The molecule has 3 rings (SSSR count). The smallest absolute Gasteiger partial charge is 0.240 e. The molecule has 1 amide bonds. The molecular weight excluding hydrogens is 392 g/mol. The molecule has 1 heterocycles. The highest BCUT2D eigenvalue weighted by molar-refractivity contribution is 7.89.